The van der Waals surface area contributed by atoms with Crippen LogP contribution >= 0.6 is 0 Å². The van der Waals surface area contributed by atoms with E-state index in [4.69, 9.17) is 4.74 Å². The Morgan fingerprint density at radius 3 is 2.34 bits per heavy atom. The zero-order valence-corrected chi connectivity index (χ0v) is 20.5. The molecule has 1 amide bonds. The lowest BCUT2D eigenvalue weighted by atomic mass is 10.0. The fraction of sp³-hybridized carbons (Fsp3) is 0.286. The Bertz CT molecular complexity index is 1300. The van der Waals surface area contributed by atoms with E-state index in [1.54, 1.807) is 14.1 Å². The Labute approximate surface area is 205 Å². The Balaban J connectivity index is 1.35. The number of hydrogen-bond acceptors (Lipinski definition) is 5. The summed E-state index contributed by atoms with van der Waals surface area (Å²) in [6.07, 6.45) is 3.91. The molecule has 1 N–H and O–H groups in total. The number of carbonyl (C=O) groups excluding carboxylic acids is 1. The monoisotopic (exact) mass is 469 g/mol. The Morgan fingerprint density at radius 1 is 0.971 bits per heavy atom. The first kappa shape index (κ1) is 22.9. The van der Waals surface area contributed by atoms with E-state index in [-0.39, 0.29) is 12.5 Å². The van der Waals surface area contributed by atoms with Crippen molar-refractivity contribution in [2.75, 3.05) is 58.8 Å². The molecule has 35 heavy (non-hydrogen) atoms. The second kappa shape index (κ2) is 9.80. The van der Waals surface area contributed by atoms with Crippen molar-refractivity contribution < 1.29 is 9.53 Å². The molecule has 2 aromatic heterocycles. The number of aromatic amines is 1. The third-order valence-corrected chi connectivity index (χ3v) is 6.63. The smallest absolute Gasteiger partial charge is 0.259 e. The lowest BCUT2D eigenvalue weighted by Gasteiger charge is -2.34. The van der Waals surface area contributed by atoms with Crippen molar-refractivity contribution in [1.29, 1.82) is 0 Å². The van der Waals surface area contributed by atoms with Crippen molar-refractivity contribution >= 4 is 22.6 Å². The fourth-order valence-electron chi connectivity index (χ4n) is 4.33. The second-order valence-corrected chi connectivity index (χ2v) is 9.26. The summed E-state index contributed by atoms with van der Waals surface area (Å²) in [7, 11) is 5.61. The predicted octanol–water partition coefficient (Wildman–Crippen LogP) is 4.12. The van der Waals surface area contributed by atoms with Gasteiger partial charge in [-0.1, -0.05) is 24.3 Å². The van der Waals surface area contributed by atoms with Gasteiger partial charge < -0.3 is 24.4 Å². The summed E-state index contributed by atoms with van der Waals surface area (Å²) in [5, 5.41) is 1.07. The first-order chi connectivity index (χ1) is 17.0. The second-order valence-electron chi connectivity index (χ2n) is 9.26. The SMILES string of the molecule is CN1CCN(c2ccc(-c3cnc4[nH]cc(-c5ccc(OCC(=O)N(C)C)cc5)c4c3)cc2)CC1. The molecule has 0 bridgehead atoms. The summed E-state index contributed by atoms with van der Waals surface area (Å²) in [6.45, 7) is 4.35. The van der Waals surface area contributed by atoms with Crippen molar-refractivity contribution in [3.05, 3.63) is 67.0 Å². The topological polar surface area (TPSA) is 64.7 Å². The predicted molar refractivity (Wildman–Crippen MR) is 141 cm³/mol. The summed E-state index contributed by atoms with van der Waals surface area (Å²) in [4.78, 5) is 26.0. The van der Waals surface area contributed by atoms with Gasteiger partial charge in [-0.3, -0.25) is 4.79 Å². The van der Waals surface area contributed by atoms with Crippen molar-refractivity contribution in [2.24, 2.45) is 0 Å². The van der Waals surface area contributed by atoms with Crippen LogP contribution in [0.1, 0.15) is 0 Å². The van der Waals surface area contributed by atoms with Crippen LogP contribution in [-0.2, 0) is 4.79 Å². The van der Waals surface area contributed by atoms with Crippen LogP contribution in [0, 0.1) is 0 Å². The summed E-state index contributed by atoms with van der Waals surface area (Å²) in [5.74, 6) is 0.601. The number of likely N-dealkylation sites (N-methyl/N-ethyl adjacent to an activating group) is 2. The Hall–Kier alpha value is -3.84. The van der Waals surface area contributed by atoms with Gasteiger partial charge in [0.05, 0.1) is 0 Å². The molecule has 0 saturated carbocycles. The lowest BCUT2D eigenvalue weighted by molar-refractivity contribution is -0.130. The van der Waals surface area contributed by atoms with Gasteiger partial charge in [-0.2, -0.15) is 0 Å². The standard InChI is InChI=1S/C28H31N5O2/c1-31(2)27(34)19-35-24-10-6-21(7-11-24)26-18-30-28-25(26)16-22(17-29-28)20-4-8-23(9-5-20)33-14-12-32(3)13-15-33/h4-11,16-18H,12-15,19H2,1-3H3,(H,29,30). The van der Waals surface area contributed by atoms with Gasteiger partial charge in [0, 0.05) is 74.9 Å². The van der Waals surface area contributed by atoms with Gasteiger partial charge in [-0.25, -0.2) is 4.98 Å². The fourth-order valence-corrected chi connectivity index (χ4v) is 4.33. The number of ether oxygens (including phenoxy) is 1. The highest BCUT2D eigenvalue weighted by atomic mass is 16.5. The number of rotatable bonds is 6. The average Bonchev–Trinajstić information content (AvgIpc) is 3.31. The zero-order valence-electron chi connectivity index (χ0n) is 20.5. The third kappa shape index (κ3) is 5.00. The Kier molecular flexibility index (Phi) is 6.42. The van der Waals surface area contributed by atoms with Crippen molar-refractivity contribution in [3.8, 4) is 28.0 Å². The number of nitrogens with zero attached hydrogens (tertiary/aromatic N) is 4. The van der Waals surface area contributed by atoms with E-state index in [1.165, 1.54) is 10.6 Å². The van der Waals surface area contributed by atoms with Gasteiger partial charge in [0.25, 0.3) is 5.91 Å². The molecule has 1 fully saturated rings. The zero-order chi connectivity index (χ0) is 24.4. The molecule has 2 aromatic carbocycles. The molecule has 1 aliphatic heterocycles. The summed E-state index contributed by atoms with van der Waals surface area (Å²) < 4.78 is 5.61. The largest absolute Gasteiger partial charge is 0.484 e. The van der Waals surface area contributed by atoms with E-state index in [0.29, 0.717) is 5.75 Å². The van der Waals surface area contributed by atoms with E-state index < -0.39 is 0 Å². The van der Waals surface area contributed by atoms with Crippen LogP contribution in [0.2, 0.25) is 0 Å². The number of amides is 1. The number of pyridine rings is 1. The van der Waals surface area contributed by atoms with Crippen LogP contribution in [-0.4, -0.2) is 79.6 Å². The highest BCUT2D eigenvalue weighted by Gasteiger charge is 2.15. The molecule has 0 atom stereocenters. The molecule has 0 radical (unpaired) electrons. The van der Waals surface area contributed by atoms with E-state index in [1.807, 2.05) is 36.7 Å². The number of anilines is 1. The van der Waals surface area contributed by atoms with Crippen LogP contribution in [0.25, 0.3) is 33.3 Å². The number of H-pyrrole nitrogens is 1. The number of benzene rings is 2. The van der Waals surface area contributed by atoms with Gasteiger partial charge in [0.2, 0.25) is 0 Å². The highest BCUT2D eigenvalue weighted by Crippen LogP contribution is 2.32. The van der Waals surface area contributed by atoms with Crippen molar-refractivity contribution in [1.82, 2.24) is 19.8 Å². The maximum absolute atomic E-state index is 11.8. The molecular weight excluding hydrogens is 438 g/mol. The molecule has 4 aromatic rings. The van der Waals surface area contributed by atoms with E-state index in [0.717, 1.165) is 59.5 Å². The van der Waals surface area contributed by atoms with E-state index in [9.17, 15) is 4.79 Å². The molecule has 0 unspecified atom stereocenters. The van der Waals surface area contributed by atoms with Crippen molar-refractivity contribution in [2.45, 2.75) is 0 Å². The van der Waals surface area contributed by atoms with Crippen molar-refractivity contribution in [3.63, 3.8) is 0 Å². The maximum Gasteiger partial charge on any atom is 0.259 e. The normalized spacial score (nSPS) is 14.3. The molecular formula is C28H31N5O2. The third-order valence-electron chi connectivity index (χ3n) is 6.63. The molecule has 7 nitrogen and oxygen atoms in total. The molecule has 5 rings (SSSR count). The minimum Gasteiger partial charge on any atom is -0.484 e. The highest BCUT2D eigenvalue weighted by molar-refractivity contribution is 5.95. The van der Waals surface area contributed by atoms with Gasteiger partial charge in [0.15, 0.2) is 6.61 Å². The Morgan fingerprint density at radius 2 is 1.66 bits per heavy atom. The molecule has 180 valence electrons. The molecule has 1 saturated heterocycles. The van der Waals surface area contributed by atoms with E-state index in [2.05, 4.69) is 57.1 Å². The average molecular weight is 470 g/mol. The molecule has 0 spiro atoms. The maximum atomic E-state index is 11.8. The molecule has 7 heteroatoms. The van der Waals surface area contributed by atoms with Crippen LogP contribution < -0.4 is 9.64 Å². The molecule has 0 aliphatic carbocycles. The van der Waals surface area contributed by atoms with Crippen LogP contribution in [0.4, 0.5) is 5.69 Å². The van der Waals surface area contributed by atoms with E-state index >= 15 is 0 Å². The number of carbonyl (C=O) groups is 1. The van der Waals surface area contributed by atoms with Crippen LogP contribution in [0.5, 0.6) is 5.75 Å². The summed E-state index contributed by atoms with van der Waals surface area (Å²) >= 11 is 0. The lowest BCUT2D eigenvalue weighted by Crippen LogP contribution is -2.44. The quantitative estimate of drug-likeness (QED) is 0.460. The minimum atomic E-state index is -0.0686. The molecule has 1 aliphatic rings. The van der Waals surface area contributed by atoms with Gasteiger partial charge in [0.1, 0.15) is 11.4 Å². The number of fused-ring (bicyclic) bond motifs is 1. The number of hydrogen-bond donors (Lipinski definition) is 1. The van der Waals surface area contributed by atoms with Gasteiger partial charge in [-0.05, 0) is 48.5 Å². The first-order valence-electron chi connectivity index (χ1n) is 11.9. The number of aromatic nitrogens is 2. The summed E-state index contributed by atoms with van der Waals surface area (Å²) in [5.41, 5.74) is 6.51. The number of nitrogens with one attached hydrogen (secondary N) is 1. The van der Waals surface area contributed by atoms with Gasteiger partial charge in [-0.15, -0.1) is 0 Å². The molecule has 3 heterocycles. The van der Waals surface area contributed by atoms with Gasteiger partial charge >= 0.3 is 0 Å². The minimum absolute atomic E-state index is 0.0281. The number of piperazine rings is 1. The summed E-state index contributed by atoms with van der Waals surface area (Å²) in [6, 6.07) is 18.8. The first-order valence-corrected chi connectivity index (χ1v) is 11.9. The van der Waals surface area contributed by atoms with Crippen LogP contribution in [0.3, 0.4) is 0 Å². The van der Waals surface area contributed by atoms with Crippen LogP contribution in [0.15, 0.2) is 67.0 Å².